The third kappa shape index (κ3) is 0.667. The van der Waals surface area contributed by atoms with Gasteiger partial charge in [-0.05, 0) is 6.92 Å². The predicted octanol–water partition coefficient (Wildman–Crippen LogP) is 1.55. The van der Waals surface area contributed by atoms with Crippen molar-refractivity contribution in [2.45, 2.75) is 19.4 Å². The normalized spacial score (nSPS) is 22.7. The molecule has 0 saturated carbocycles. The zero-order valence-corrected chi connectivity index (χ0v) is 5.86. The van der Waals surface area contributed by atoms with Gasteiger partial charge in [-0.15, -0.1) is 0 Å². The molecule has 1 atom stereocenters. The summed E-state index contributed by atoms with van der Waals surface area (Å²) in [7, 11) is 0. The van der Waals surface area contributed by atoms with Crippen LogP contribution in [0.5, 0.6) is 0 Å². The monoisotopic (exact) mass is 135 g/mol. The molecule has 0 saturated heterocycles. The highest BCUT2D eigenvalue weighted by Gasteiger charge is 2.10. The van der Waals surface area contributed by atoms with Crippen LogP contribution in [0.3, 0.4) is 0 Å². The van der Waals surface area contributed by atoms with Gasteiger partial charge in [0, 0.05) is 31.1 Å². The van der Waals surface area contributed by atoms with Crippen LogP contribution in [0.15, 0.2) is 17.4 Å². The first kappa shape index (κ1) is 5.65. The first-order valence-corrected chi connectivity index (χ1v) is 3.43. The van der Waals surface area contributed by atoms with Crippen molar-refractivity contribution in [1.29, 1.82) is 0 Å². The summed E-state index contributed by atoms with van der Waals surface area (Å²) in [6, 6.07) is 0.523. The first-order valence-electron chi connectivity index (χ1n) is 3.43. The highest BCUT2D eigenvalue weighted by molar-refractivity contribution is 5.63. The second kappa shape index (κ2) is 1.94. The summed E-state index contributed by atoms with van der Waals surface area (Å²) >= 11 is 0. The molecule has 1 aromatic heterocycles. The van der Waals surface area contributed by atoms with Crippen LogP contribution < -0.4 is 0 Å². The maximum Gasteiger partial charge on any atom is 0.229 e. The van der Waals surface area contributed by atoms with Gasteiger partial charge in [0.05, 0.1) is 0 Å². The Hall–Kier alpha value is -1.12. The molecule has 0 aromatic carbocycles. The lowest BCUT2D eigenvalue weighted by Crippen LogP contribution is -2.07. The van der Waals surface area contributed by atoms with E-state index in [4.69, 9.17) is 0 Å². The van der Waals surface area contributed by atoms with Gasteiger partial charge in [0.2, 0.25) is 5.95 Å². The van der Waals surface area contributed by atoms with Crippen molar-refractivity contribution in [3.05, 3.63) is 12.4 Å². The van der Waals surface area contributed by atoms with Crippen LogP contribution in [0.1, 0.15) is 19.4 Å². The molecule has 0 N–H and O–H groups in total. The highest BCUT2D eigenvalue weighted by Crippen LogP contribution is 2.21. The van der Waals surface area contributed by atoms with Gasteiger partial charge in [0.25, 0.3) is 0 Å². The summed E-state index contributed by atoms with van der Waals surface area (Å²) in [5.41, 5.74) is 0. The standard InChI is InChI=1S/C7H9N3/c1-6-2-3-8-7-9-4-5-10(6)7/h3-6H,2H2,1H3/t6-/m0/s1. The third-order valence-electron chi connectivity index (χ3n) is 1.78. The zero-order valence-electron chi connectivity index (χ0n) is 5.86. The minimum atomic E-state index is 0.523. The molecule has 0 radical (unpaired) electrons. The molecule has 0 aliphatic carbocycles. The second-order valence-corrected chi connectivity index (χ2v) is 2.53. The lowest BCUT2D eigenvalue weighted by atomic mass is 10.2. The number of hydrogen-bond acceptors (Lipinski definition) is 2. The molecule has 3 nitrogen and oxygen atoms in total. The molecular weight excluding hydrogens is 126 g/mol. The van der Waals surface area contributed by atoms with Crippen LogP contribution in [-0.2, 0) is 0 Å². The van der Waals surface area contributed by atoms with Crippen molar-refractivity contribution in [3.63, 3.8) is 0 Å². The van der Waals surface area contributed by atoms with Gasteiger partial charge in [0.15, 0.2) is 0 Å². The molecule has 2 heterocycles. The predicted molar refractivity (Wildman–Crippen MR) is 39.7 cm³/mol. The van der Waals surface area contributed by atoms with Gasteiger partial charge in [-0.25, -0.2) is 9.98 Å². The number of fused-ring (bicyclic) bond motifs is 1. The van der Waals surface area contributed by atoms with Crippen molar-refractivity contribution in [3.8, 4) is 0 Å². The van der Waals surface area contributed by atoms with E-state index in [0.29, 0.717) is 6.04 Å². The maximum atomic E-state index is 4.13. The first-order chi connectivity index (χ1) is 4.88. The van der Waals surface area contributed by atoms with Crippen LogP contribution in [-0.4, -0.2) is 15.8 Å². The van der Waals surface area contributed by atoms with E-state index >= 15 is 0 Å². The molecule has 2 rings (SSSR count). The molecule has 52 valence electrons. The number of hydrogen-bond donors (Lipinski definition) is 0. The third-order valence-corrected chi connectivity index (χ3v) is 1.78. The van der Waals surface area contributed by atoms with Gasteiger partial charge in [0.1, 0.15) is 0 Å². The van der Waals surface area contributed by atoms with E-state index in [2.05, 4.69) is 21.5 Å². The Bertz CT molecular complexity index is 262. The molecule has 0 amide bonds. The molecule has 3 heteroatoms. The van der Waals surface area contributed by atoms with E-state index in [9.17, 15) is 0 Å². The molecule has 0 fully saturated rings. The molecule has 0 bridgehead atoms. The maximum absolute atomic E-state index is 4.13. The number of rotatable bonds is 0. The average Bonchev–Trinajstić information content (AvgIpc) is 2.36. The number of aromatic nitrogens is 2. The fourth-order valence-electron chi connectivity index (χ4n) is 1.15. The van der Waals surface area contributed by atoms with Gasteiger partial charge in [-0.2, -0.15) is 0 Å². The molecular formula is C7H9N3. The Balaban J connectivity index is 2.52. The Morgan fingerprint density at radius 1 is 1.70 bits per heavy atom. The minimum absolute atomic E-state index is 0.523. The highest BCUT2D eigenvalue weighted by atomic mass is 15.2. The van der Waals surface area contributed by atoms with Crippen LogP contribution in [0.25, 0.3) is 0 Å². The van der Waals surface area contributed by atoms with E-state index in [1.54, 1.807) is 6.20 Å². The Morgan fingerprint density at radius 3 is 3.40 bits per heavy atom. The Morgan fingerprint density at radius 2 is 2.60 bits per heavy atom. The lowest BCUT2D eigenvalue weighted by molar-refractivity contribution is 0.564. The summed E-state index contributed by atoms with van der Waals surface area (Å²) in [6.07, 6.45) is 6.70. The van der Waals surface area contributed by atoms with E-state index in [1.807, 2.05) is 12.4 Å². The van der Waals surface area contributed by atoms with Crippen molar-refractivity contribution in [1.82, 2.24) is 9.55 Å². The van der Waals surface area contributed by atoms with Crippen molar-refractivity contribution in [2.75, 3.05) is 0 Å². The summed E-state index contributed by atoms with van der Waals surface area (Å²) < 4.78 is 2.08. The van der Waals surface area contributed by atoms with Gasteiger partial charge < -0.3 is 4.57 Å². The molecule has 1 aliphatic rings. The van der Waals surface area contributed by atoms with Crippen molar-refractivity contribution in [2.24, 2.45) is 4.99 Å². The summed E-state index contributed by atoms with van der Waals surface area (Å²) in [4.78, 5) is 8.20. The molecule has 1 aromatic rings. The van der Waals surface area contributed by atoms with Gasteiger partial charge in [-0.3, -0.25) is 0 Å². The topological polar surface area (TPSA) is 30.2 Å². The smallest absolute Gasteiger partial charge is 0.229 e. The van der Waals surface area contributed by atoms with Crippen LogP contribution in [0, 0.1) is 0 Å². The number of imidazole rings is 1. The van der Waals surface area contributed by atoms with Crippen LogP contribution >= 0.6 is 0 Å². The van der Waals surface area contributed by atoms with Crippen LogP contribution in [0.2, 0.25) is 0 Å². The number of nitrogens with zero attached hydrogens (tertiary/aromatic N) is 3. The van der Waals surface area contributed by atoms with Crippen molar-refractivity contribution < 1.29 is 0 Å². The van der Waals surface area contributed by atoms with Crippen LogP contribution in [0.4, 0.5) is 5.95 Å². The Labute approximate surface area is 59.4 Å². The minimum Gasteiger partial charge on any atom is -0.313 e. The zero-order chi connectivity index (χ0) is 6.97. The molecule has 0 spiro atoms. The molecule has 10 heavy (non-hydrogen) atoms. The summed E-state index contributed by atoms with van der Waals surface area (Å²) in [5.74, 6) is 0.832. The Kier molecular flexibility index (Phi) is 1.09. The summed E-state index contributed by atoms with van der Waals surface area (Å²) in [6.45, 7) is 2.16. The second-order valence-electron chi connectivity index (χ2n) is 2.53. The fourth-order valence-corrected chi connectivity index (χ4v) is 1.15. The van der Waals surface area contributed by atoms with E-state index in [1.165, 1.54) is 0 Å². The van der Waals surface area contributed by atoms with E-state index in [0.717, 1.165) is 12.4 Å². The summed E-state index contributed by atoms with van der Waals surface area (Å²) in [5, 5.41) is 0. The van der Waals surface area contributed by atoms with Gasteiger partial charge in [-0.1, -0.05) is 0 Å². The quantitative estimate of drug-likeness (QED) is 0.530. The SMILES string of the molecule is C[C@H]1CC=Nc2nccn21. The fraction of sp³-hybridized carbons (Fsp3) is 0.429. The molecule has 0 unspecified atom stereocenters. The van der Waals surface area contributed by atoms with E-state index < -0.39 is 0 Å². The lowest BCUT2D eigenvalue weighted by Gasteiger charge is -2.15. The van der Waals surface area contributed by atoms with Crippen molar-refractivity contribution >= 4 is 12.2 Å². The largest absolute Gasteiger partial charge is 0.313 e. The average molecular weight is 135 g/mol. The molecule has 1 aliphatic heterocycles. The van der Waals surface area contributed by atoms with E-state index in [-0.39, 0.29) is 0 Å². The number of aliphatic imine (C=N–C) groups is 1. The van der Waals surface area contributed by atoms with Gasteiger partial charge >= 0.3 is 0 Å².